The molecule has 1 aromatic heterocycles. The van der Waals surface area contributed by atoms with Crippen LogP contribution in [-0.2, 0) is 19.4 Å². The second-order valence-corrected chi connectivity index (χ2v) is 4.30. The van der Waals surface area contributed by atoms with Gasteiger partial charge in [0.2, 0.25) is 0 Å². The molecule has 1 aromatic rings. The molecule has 6 heteroatoms. The molecule has 0 aromatic carbocycles. The summed E-state index contributed by atoms with van der Waals surface area (Å²) in [5.41, 5.74) is 2.16. The van der Waals surface area contributed by atoms with Gasteiger partial charge >= 0.3 is 0 Å². The summed E-state index contributed by atoms with van der Waals surface area (Å²) in [6.07, 6.45) is 1.74. The molecule has 0 aliphatic heterocycles. The molecule has 0 atom stereocenters. The van der Waals surface area contributed by atoms with Gasteiger partial charge in [0.05, 0.1) is 12.2 Å². The molecule has 1 N–H and O–H groups in total. The minimum absolute atomic E-state index is 0. The van der Waals surface area contributed by atoms with Crippen molar-refractivity contribution in [3.8, 4) is 0 Å². The molecule has 0 saturated carbocycles. The molecule has 5 nitrogen and oxygen atoms in total. The van der Waals surface area contributed by atoms with Crippen molar-refractivity contribution >= 4 is 29.9 Å². The lowest BCUT2D eigenvalue weighted by molar-refractivity contribution is 0.380. The van der Waals surface area contributed by atoms with E-state index < -0.39 is 0 Å². The zero-order valence-electron chi connectivity index (χ0n) is 12.5. The van der Waals surface area contributed by atoms with Crippen LogP contribution in [0, 0.1) is 0 Å². The van der Waals surface area contributed by atoms with Crippen LogP contribution in [-0.4, -0.2) is 36.7 Å². The first-order valence-electron chi connectivity index (χ1n) is 6.55. The van der Waals surface area contributed by atoms with Crippen molar-refractivity contribution in [3.05, 3.63) is 17.0 Å². The number of guanidine groups is 1. The minimum atomic E-state index is 0. The SMILES string of the molecule is CCNC(=NCc1c(CC)noc1CC)N(C)C.I. The van der Waals surface area contributed by atoms with Gasteiger partial charge in [0.1, 0.15) is 5.76 Å². The van der Waals surface area contributed by atoms with Gasteiger partial charge in [-0.15, -0.1) is 24.0 Å². The maximum absolute atomic E-state index is 5.34. The normalized spacial score (nSPS) is 11.1. The van der Waals surface area contributed by atoms with Crippen molar-refractivity contribution in [2.45, 2.75) is 40.2 Å². The average molecular weight is 380 g/mol. The van der Waals surface area contributed by atoms with E-state index >= 15 is 0 Å². The summed E-state index contributed by atoms with van der Waals surface area (Å²) in [5.74, 6) is 1.84. The Kier molecular flexibility index (Phi) is 8.79. The van der Waals surface area contributed by atoms with Gasteiger partial charge in [-0.05, 0) is 13.3 Å². The Bertz CT molecular complexity index is 380. The number of aryl methyl sites for hydroxylation is 2. The van der Waals surface area contributed by atoms with Crippen LogP contribution < -0.4 is 5.32 Å². The quantitative estimate of drug-likeness (QED) is 0.485. The van der Waals surface area contributed by atoms with E-state index in [1.807, 2.05) is 19.0 Å². The summed E-state index contributed by atoms with van der Waals surface area (Å²) >= 11 is 0. The highest BCUT2D eigenvalue weighted by Crippen LogP contribution is 2.16. The third-order valence-electron chi connectivity index (χ3n) is 2.75. The van der Waals surface area contributed by atoms with E-state index in [-0.39, 0.29) is 24.0 Å². The summed E-state index contributed by atoms with van der Waals surface area (Å²) in [7, 11) is 3.97. The lowest BCUT2D eigenvalue weighted by Crippen LogP contribution is -2.36. The number of hydrogen-bond donors (Lipinski definition) is 1. The Hall–Kier alpha value is -0.790. The highest BCUT2D eigenvalue weighted by atomic mass is 127. The fourth-order valence-corrected chi connectivity index (χ4v) is 1.78. The predicted octanol–water partition coefficient (Wildman–Crippen LogP) is 2.44. The predicted molar refractivity (Wildman–Crippen MR) is 89.2 cm³/mol. The zero-order chi connectivity index (χ0) is 13.5. The van der Waals surface area contributed by atoms with E-state index in [0.717, 1.165) is 42.4 Å². The first kappa shape index (κ1) is 18.2. The second-order valence-electron chi connectivity index (χ2n) is 4.30. The fourth-order valence-electron chi connectivity index (χ4n) is 1.78. The zero-order valence-corrected chi connectivity index (χ0v) is 14.8. The Morgan fingerprint density at radius 1 is 1.26 bits per heavy atom. The Morgan fingerprint density at radius 3 is 2.42 bits per heavy atom. The van der Waals surface area contributed by atoms with Gasteiger partial charge < -0.3 is 14.7 Å². The number of aromatic nitrogens is 1. The molecule has 1 rings (SSSR count). The first-order valence-corrected chi connectivity index (χ1v) is 6.55. The third kappa shape index (κ3) is 5.00. The van der Waals surface area contributed by atoms with E-state index in [4.69, 9.17) is 4.52 Å². The summed E-state index contributed by atoms with van der Waals surface area (Å²) in [6.45, 7) is 7.71. The molecular weight excluding hydrogens is 355 g/mol. The monoisotopic (exact) mass is 380 g/mol. The van der Waals surface area contributed by atoms with Gasteiger partial charge in [0.15, 0.2) is 5.96 Å². The standard InChI is InChI=1S/C13H24N4O.HI/c1-6-11-10(12(7-2)18-16-11)9-15-13(14-8-3)17(4)5;/h6-9H2,1-5H3,(H,14,15);1H. The molecule has 0 aliphatic carbocycles. The van der Waals surface area contributed by atoms with Crippen molar-refractivity contribution in [3.63, 3.8) is 0 Å². The molecule has 19 heavy (non-hydrogen) atoms. The molecule has 0 radical (unpaired) electrons. The van der Waals surface area contributed by atoms with Gasteiger partial charge in [-0.2, -0.15) is 0 Å². The molecular formula is C13H25IN4O. The van der Waals surface area contributed by atoms with E-state index in [1.54, 1.807) is 0 Å². The summed E-state index contributed by atoms with van der Waals surface area (Å²) in [6, 6.07) is 0. The van der Waals surface area contributed by atoms with E-state index in [1.165, 1.54) is 0 Å². The van der Waals surface area contributed by atoms with Crippen LogP contribution in [0.2, 0.25) is 0 Å². The van der Waals surface area contributed by atoms with Gasteiger partial charge in [0, 0.05) is 32.6 Å². The third-order valence-corrected chi connectivity index (χ3v) is 2.75. The van der Waals surface area contributed by atoms with Crippen LogP contribution in [0.25, 0.3) is 0 Å². The number of nitrogens with one attached hydrogen (secondary N) is 1. The molecule has 0 fully saturated rings. The van der Waals surface area contributed by atoms with Crippen molar-refractivity contribution in [1.29, 1.82) is 0 Å². The average Bonchev–Trinajstić information content (AvgIpc) is 2.76. The largest absolute Gasteiger partial charge is 0.361 e. The number of hydrogen-bond acceptors (Lipinski definition) is 3. The Balaban J connectivity index is 0.00000324. The van der Waals surface area contributed by atoms with Crippen LogP contribution in [0.5, 0.6) is 0 Å². The maximum Gasteiger partial charge on any atom is 0.193 e. The van der Waals surface area contributed by atoms with Crippen molar-refractivity contribution < 1.29 is 4.52 Å². The number of rotatable bonds is 5. The molecule has 1 heterocycles. The van der Waals surface area contributed by atoms with Gasteiger partial charge in [-0.25, -0.2) is 4.99 Å². The number of aliphatic imine (C=N–C) groups is 1. The van der Waals surface area contributed by atoms with E-state index in [9.17, 15) is 0 Å². The first-order chi connectivity index (χ1) is 8.63. The van der Waals surface area contributed by atoms with Crippen LogP contribution in [0.3, 0.4) is 0 Å². The van der Waals surface area contributed by atoms with Gasteiger partial charge in [-0.1, -0.05) is 19.0 Å². The highest BCUT2D eigenvalue weighted by Gasteiger charge is 2.13. The Labute approximate surface area is 132 Å². The minimum Gasteiger partial charge on any atom is -0.361 e. The fraction of sp³-hybridized carbons (Fsp3) is 0.692. The second kappa shape index (κ2) is 9.17. The van der Waals surface area contributed by atoms with Gasteiger partial charge in [-0.3, -0.25) is 0 Å². The topological polar surface area (TPSA) is 53.7 Å². The molecule has 0 unspecified atom stereocenters. The maximum atomic E-state index is 5.34. The Morgan fingerprint density at radius 2 is 1.95 bits per heavy atom. The number of nitrogens with zero attached hydrogens (tertiary/aromatic N) is 3. The van der Waals surface area contributed by atoms with Crippen LogP contribution in [0.1, 0.15) is 37.8 Å². The summed E-state index contributed by atoms with van der Waals surface area (Å²) in [5, 5.41) is 7.34. The molecule has 0 amide bonds. The summed E-state index contributed by atoms with van der Waals surface area (Å²) < 4.78 is 5.34. The van der Waals surface area contributed by atoms with Crippen LogP contribution in [0.15, 0.2) is 9.52 Å². The van der Waals surface area contributed by atoms with E-state index in [0.29, 0.717) is 6.54 Å². The van der Waals surface area contributed by atoms with Crippen molar-refractivity contribution in [1.82, 2.24) is 15.4 Å². The van der Waals surface area contributed by atoms with Crippen LogP contribution >= 0.6 is 24.0 Å². The van der Waals surface area contributed by atoms with Crippen LogP contribution in [0.4, 0.5) is 0 Å². The summed E-state index contributed by atoms with van der Waals surface area (Å²) in [4.78, 5) is 6.58. The molecule has 0 bridgehead atoms. The highest BCUT2D eigenvalue weighted by molar-refractivity contribution is 14.0. The number of halogens is 1. The van der Waals surface area contributed by atoms with Crippen molar-refractivity contribution in [2.75, 3.05) is 20.6 Å². The van der Waals surface area contributed by atoms with Gasteiger partial charge in [0.25, 0.3) is 0 Å². The molecule has 110 valence electrons. The van der Waals surface area contributed by atoms with E-state index in [2.05, 4.69) is 36.2 Å². The smallest absolute Gasteiger partial charge is 0.193 e. The molecule has 0 aliphatic rings. The molecule has 0 saturated heterocycles. The lowest BCUT2D eigenvalue weighted by atomic mass is 10.1. The van der Waals surface area contributed by atoms with Crippen molar-refractivity contribution in [2.24, 2.45) is 4.99 Å². The molecule has 0 spiro atoms. The lowest BCUT2D eigenvalue weighted by Gasteiger charge is -2.16.